The zero-order chi connectivity index (χ0) is 11.4. The van der Waals surface area contributed by atoms with E-state index in [0.29, 0.717) is 6.07 Å². The molecule has 0 aliphatic carbocycles. The topological polar surface area (TPSA) is 17.1 Å². The quantitative estimate of drug-likeness (QED) is 0.427. The van der Waals surface area contributed by atoms with E-state index in [2.05, 4.69) is 5.92 Å². The molecule has 78 valence electrons. The van der Waals surface area contributed by atoms with E-state index < -0.39 is 28.8 Å². The number of Topliss-reactive ketones (excluding diaryl/α,β-unsaturated/α-hetero) is 1. The zero-order valence-electron chi connectivity index (χ0n) is 7.69. The summed E-state index contributed by atoms with van der Waals surface area (Å²) in [4.78, 5) is 11.3. The molecule has 0 aromatic heterocycles. The van der Waals surface area contributed by atoms with Gasteiger partial charge in [0.05, 0.1) is 5.56 Å². The lowest BCUT2D eigenvalue weighted by Crippen LogP contribution is -2.05. The fourth-order valence-corrected chi connectivity index (χ4v) is 1.06. The number of carbonyl (C=O) groups excluding carboxylic acids is 1. The van der Waals surface area contributed by atoms with Gasteiger partial charge in [-0.15, -0.1) is 12.3 Å². The molecule has 0 heterocycles. The van der Waals surface area contributed by atoms with Crippen molar-refractivity contribution in [3.05, 3.63) is 35.1 Å². The molecule has 0 radical (unpaired) electrons. The molecule has 0 spiro atoms. The maximum atomic E-state index is 13.1. The zero-order valence-corrected chi connectivity index (χ0v) is 7.69. The summed E-state index contributed by atoms with van der Waals surface area (Å²) in [5, 5.41) is 0. The molecule has 1 aromatic carbocycles. The first-order chi connectivity index (χ1) is 7.07. The molecule has 1 nitrogen and oxygen atoms in total. The summed E-state index contributed by atoms with van der Waals surface area (Å²) >= 11 is 0. The largest absolute Gasteiger partial charge is 0.294 e. The molecule has 0 saturated carbocycles. The molecule has 0 N–H and O–H groups in total. The molecule has 0 bridgehead atoms. The van der Waals surface area contributed by atoms with Gasteiger partial charge >= 0.3 is 0 Å². The molecule has 0 unspecified atom stereocenters. The average Bonchev–Trinajstić information content (AvgIpc) is 2.23. The van der Waals surface area contributed by atoms with E-state index in [0.717, 1.165) is 6.07 Å². The van der Waals surface area contributed by atoms with Crippen LogP contribution >= 0.6 is 0 Å². The molecule has 0 fully saturated rings. The van der Waals surface area contributed by atoms with Crippen LogP contribution in [-0.4, -0.2) is 5.78 Å². The summed E-state index contributed by atoms with van der Waals surface area (Å²) in [6, 6.07) is 1.62. The second-order valence-corrected chi connectivity index (χ2v) is 2.85. The Hall–Kier alpha value is -1.76. The Morgan fingerprint density at radius 2 is 1.93 bits per heavy atom. The van der Waals surface area contributed by atoms with Gasteiger partial charge in [-0.1, -0.05) is 0 Å². The van der Waals surface area contributed by atoms with Crippen LogP contribution in [0.25, 0.3) is 0 Å². The van der Waals surface area contributed by atoms with Crippen LogP contribution in [0.3, 0.4) is 0 Å². The highest BCUT2D eigenvalue weighted by Gasteiger charge is 2.17. The molecule has 1 aromatic rings. The van der Waals surface area contributed by atoms with Crippen molar-refractivity contribution in [1.29, 1.82) is 0 Å². The molecule has 0 aliphatic rings. The molecule has 0 aliphatic heterocycles. The molecule has 0 amide bonds. The summed E-state index contributed by atoms with van der Waals surface area (Å²) in [5.74, 6) is -2.85. The first-order valence-electron chi connectivity index (χ1n) is 4.18. The lowest BCUT2D eigenvalue weighted by molar-refractivity contribution is 0.0979. The maximum absolute atomic E-state index is 13.1. The van der Waals surface area contributed by atoms with Gasteiger partial charge in [0.2, 0.25) is 0 Å². The lowest BCUT2D eigenvalue weighted by Gasteiger charge is -2.02. The third-order valence-corrected chi connectivity index (χ3v) is 1.83. The predicted molar refractivity (Wildman–Crippen MR) is 48.7 cm³/mol. The fraction of sp³-hybridized carbons (Fsp3) is 0.182. The summed E-state index contributed by atoms with van der Waals surface area (Å²) in [6.07, 6.45) is 4.97. The number of hydrogen-bond acceptors (Lipinski definition) is 1. The van der Waals surface area contributed by atoms with Crippen LogP contribution in [0.2, 0.25) is 0 Å². The minimum Gasteiger partial charge on any atom is -0.294 e. The Kier molecular flexibility index (Phi) is 3.51. The van der Waals surface area contributed by atoms with Crippen molar-refractivity contribution in [3.63, 3.8) is 0 Å². The van der Waals surface area contributed by atoms with E-state index in [1.54, 1.807) is 0 Å². The highest BCUT2D eigenvalue weighted by atomic mass is 19.2. The highest BCUT2D eigenvalue weighted by Crippen LogP contribution is 2.16. The Balaban J connectivity index is 3.01. The first-order valence-corrected chi connectivity index (χ1v) is 4.18. The normalized spacial score (nSPS) is 9.73. The van der Waals surface area contributed by atoms with Gasteiger partial charge in [-0.05, 0) is 12.1 Å². The number of ketones is 1. The van der Waals surface area contributed by atoms with Gasteiger partial charge in [-0.2, -0.15) is 0 Å². The van der Waals surface area contributed by atoms with Crippen molar-refractivity contribution >= 4 is 5.78 Å². The second kappa shape index (κ2) is 4.65. The monoisotopic (exact) mass is 212 g/mol. The summed E-state index contributed by atoms with van der Waals surface area (Å²) in [7, 11) is 0. The third kappa shape index (κ3) is 2.38. The molecule has 15 heavy (non-hydrogen) atoms. The molecule has 0 atom stereocenters. The SMILES string of the molecule is C#CCCC(=O)c1ccc(F)c(F)c1F. The Morgan fingerprint density at radius 1 is 1.27 bits per heavy atom. The third-order valence-electron chi connectivity index (χ3n) is 1.83. The molecule has 0 saturated heterocycles. The van der Waals surface area contributed by atoms with Crippen molar-refractivity contribution in [1.82, 2.24) is 0 Å². The Morgan fingerprint density at radius 3 is 2.53 bits per heavy atom. The van der Waals surface area contributed by atoms with Crippen molar-refractivity contribution in [2.45, 2.75) is 12.8 Å². The van der Waals surface area contributed by atoms with Crippen LogP contribution in [0.15, 0.2) is 12.1 Å². The van der Waals surface area contributed by atoms with Gasteiger partial charge in [-0.3, -0.25) is 4.79 Å². The van der Waals surface area contributed by atoms with Gasteiger partial charge in [0.25, 0.3) is 0 Å². The molecular formula is C11H7F3O. The van der Waals surface area contributed by atoms with Crippen LogP contribution in [0.1, 0.15) is 23.2 Å². The van der Waals surface area contributed by atoms with E-state index >= 15 is 0 Å². The van der Waals surface area contributed by atoms with Crippen molar-refractivity contribution < 1.29 is 18.0 Å². The van der Waals surface area contributed by atoms with E-state index in [-0.39, 0.29) is 12.8 Å². The first kappa shape index (κ1) is 11.3. The highest BCUT2D eigenvalue weighted by molar-refractivity contribution is 5.96. The Bertz CT molecular complexity index is 432. The van der Waals surface area contributed by atoms with Crippen LogP contribution in [-0.2, 0) is 0 Å². The second-order valence-electron chi connectivity index (χ2n) is 2.85. The fourth-order valence-electron chi connectivity index (χ4n) is 1.06. The minimum absolute atomic E-state index is 0.0848. The van der Waals surface area contributed by atoms with E-state index in [1.807, 2.05) is 0 Å². The Labute approximate surface area is 84.9 Å². The molecule has 1 rings (SSSR count). The molecule has 4 heteroatoms. The smallest absolute Gasteiger partial charge is 0.195 e. The number of carbonyl (C=O) groups is 1. The van der Waals surface area contributed by atoms with E-state index in [9.17, 15) is 18.0 Å². The average molecular weight is 212 g/mol. The number of terminal acetylenes is 1. The van der Waals surface area contributed by atoms with Gasteiger partial charge < -0.3 is 0 Å². The number of hydrogen-bond donors (Lipinski definition) is 0. The van der Waals surface area contributed by atoms with Gasteiger partial charge in [0, 0.05) is 12.8 Å². The predicted octanol–water partition coefficient (Wildman–Crippen LogP) is 2.70. The maximum Gasteiger partial charge on any atom is 0.195 e. The standard InChI is InChI=1S/C11H7F3O/c1-2-3-4-9(15)7-5-6-8(12)11(14)10(7)13/h1,5-6H,3-4H2. The summed E-state index contributed by atoms with van der Waals surface area (Å²) in [6.45, 7) is 0. The van der Waals surface area contributed by atoms with Crippen LogP contribution in [0, 0.1) is 29.8 Å². The van der Waals surface area contributed by atoms with Crippen molar-refractivity contribution in [3.8, 4) is 12.3 Å². The molecular weight excluding hydrogens is 205 g/mol. The number of rotatable bonds is 3. The summed E-state index contributed by atoms with van der Waals surface area (Å²) < 4.78 is 38.3. The van der Waals surface area contributed by atoms with Crippen molar-refractivity contribution in [2.24, 2.45) is 0 Å². The van der Waals surface area contributed by atoms with Crippen LogP contribution in [0.5, 0.6) is 0 Å². The minimum atomic E-state index is -1.64. The van der Waals surface area contributed by atoms with E-state index in [4.69, 9.17) is 6.42 Å². The van der Waals surface area contributed by atoms with E-state index in [1.165, 1.54) is 0 Å². The van der Waals surface area contributed by atoms with Crippen LogP contribution < -0.4 is 0 Å². The van der Waals surface area contributed by atoms with Crippen molar-refractivity contribution in [2.75, 3.05) is 0 Å². The van der Waals surface area contributed by atoms with Gasteiger partial charge in [-0.25, -0.2) is 13.2 Å². The van der Waals surface area contributed by atoms with Gasteiger partial charge in [0.15, 0.2) is 23.2 Å². The number of benzene rings is 1. The summed E-state index contributed by atoms with van der Waals surface area (Å²) in [5.41, 5.74) is -0.468. The van der Waals surface area contributed by atoms with Gasteiger partial charge in [0.1, 0.15) is 0 Å². The van der Waals surface area contributed by atoms with Crippen LogP contribution in [0.4, 0.5) is 13.2 Å². The lowest BCUT2D eigenvalue weighted by atomic mass is 10.1. The number of halogens is 3.